The SMILES string of the molecule is CCCCN(CCO)Cc1cc2ccccc2nc1NC. The van der Waals surface area contributed by atoms with Gasteiger partial charge in [-0.3, -0.25) is 4.90 Å². The van der Waals surface area contributed by atoms with Crippen LogP contribution in [0.1, 0.15) is 25.3 Å². The average Bonchev–Trinajstić information content (AvgIpc) is 2.52. The van der Waals surface area contributed by atoms with E-state index in [9.17, 15) is 5.11 Å². The monoisotopic (exact) mass is 287 g/mol. The molecule has 0 aliphatic heterocycles. The highest BCUT2D eigenvalue weighted by Gasteiger charge is 2.10. The number of rotatable bonds is 8. The number of para-hydroxylation sites is 1. The van der Waals surface area contributed by atoms with Gasteiger partial charge in [0.05, 0.1) is 12.1 Å². The third kappa shape index (κ3) is 4.16. The first-order chi connectivity index (χ1) is 10.3. The van der Waals surface area contributed by atoms with Gasteiger partial charge in [0.2, 0.25) is 0 Å². The number of pyridine rings is 1. The topological polar surface area (TPSA) is 48.4 Å². The summed E-state index contributed by atoms with van der Waals surface area (Å²) in [6.07, 6.45) is 2.31. The van der Waals surface area contributed by atoms with Crippen molar-refractivity contribution in [2.75, 3.05) is 32.1 Å². The normalized spacial score (nSPS) is 11.2. The second-order valence-corrected chi connectivity index (χ2v) is 5.29. The fourth-order valence-electron chi connectivity index (χ4n) is 2.53. The molecule has 2 aromatic rings. The quantitative estimate of drug-likeness (QED) is 0.784. The number of nitrogens with one attached hydrogen (secondary N) is 1. The Hall–Kier alpha value is -1.65. The van der Waals surface area contributed by atoms with E-state index < -0.39 is 0 Å². The summed E-state index contributed by atoms with van der Waals surface area (Å²) in [5, 5.41) is 13.6. The third-order valence-corrected chi connectivity index (χ3v) is 3.68. The van der Waals surface area contributed by atoms with Crippen molar-refractivity contribution in [3.05, 3.63) is 35.9 Å². The van der Waals surface area contributed by atoms with E-state index in [1.165, 1.54) is 5.56 Å². The van der Waals surface area contributed by atoms with Crippen LogP contribution >= 0.6 is 0 Å². The van der Waals surface area contributed by atoms with Gasteiger partial charge in [0, 0.05) is 31.1 Å². The van der Waals surface area contributed by atoms with Crippen molar-refractivity contribution in [1.82, 2.24) is 9.88 Å². The summed E-state index contributed by atoms with van der Waals surface area (Å²) in [5.74, 6) is 0.924. The van der Waals surface area contributed by atoms with Crippen LogP contribution in [-0.2, 0) is 6.54 Å². The predicted octanol–water partition coefficient (Wildman–Crippen LogP) is 2.87. The molecule has 0 aliphatic rings. The maximum absolute atomic E-state index is 9.24. The summed E-state index contributed by atoms with van der Waals surface area (Å²) >= 11 is 0. The van der Waals surface area contributed by atoms with Gasteiger partial charge < -0.3 is 10.4 Å². The molecule has 1 aromatic carbocycles. The highest BCUT2D eigenvalue weighted by molar-refractivity contribution is 5.81. The zero-order chi connectivity index (χ0) is 15.1. The fourth-order valence-corrected chi connectivity index (χ4v) is 2.53. The zero-order valence-electron chi connectivity index (χ0n) is 13.0. The van der Waals surface area contributed by atoms with Crippen molar-refractivity contribution < 1.29 is 5.11 Å². The molecule has 2 N–H and O–H groups in total. The van der Waals surface area contributed by atoms with E-state index in [4.69, 9.17) is 0 Å². The molecule has 0 unspecified atom stereocenters. The molecule has 0 fully saturated rings. The first-order valence-electron chi connectivity index (χ1n) is 7.68. The number of aromatic nitrogens is 1. The van der Waals surface area contributed by atoms with E-state index in [1.807, 2.05) is 25.2 Å². The number of nitrogens with zero attached hydrogens (tertiary/aromatic N) is 2. The summed E-state index contributed by atoms with van der Waals surface area (Å²) in [5.41, 5.74) is 2.19. The summed E-state index contributed by atoms with van der Waals surface area (Å²) < 4.78 is 0. The van der Waals surface area contributed by atoms with E-state index in [0.29, 0.717) is 6.54 Å². The highest BCUT2D eigenvalue weighted by atomic mass is 16.3. The maximum Gasteiger partial charge on any atom is 0.130 e. The average molecular weight is 287 g/mol. The number of aliphatic hydroxyl groups excluding tert-OH is 1. The number of unbranched alkanes of at least 4 members (excludes halogenated alkanes) is 1. The Balaban J connectivity index is 2.25. The predicted molar refractivity (Wildman–Crippen MR) is 88.6 cm³/mol. The van der Waals surface area contributed by atoms with Crippen molar-refractivity contribution in [1.29, 1.82) is 0 Å². The van der Waals surface area contributed by atoms with E-state index in [2.05, 4.69) is 34.3 Å². The second-order valence-electron chi connectivity index (χ2n) is 5.29. The molecular formula is C17H25N3O. The highest BCUT2D eigenvalue weighted by Crippen LogP contribution is 2.21. The van der Waals surface area contributed by atoms with Crippen LogP contribution in [0.4, 0.5) is 5.82 Å². The number of aliphatic hydroxyl groups is 1. The minimum absolute atomic E-state index is 0.194. The Bertz CT molecular complexity index is 571. The Morgan fingerprint density at radius 2 is 2.05 bits per heavy atom. The molecule has 1 heterocycles. The lowest BCUT2D eigenvalue weighted by atomic mass is 10.1. The molecule has 0 atom stereocenters. The zero-order valence-corrected chi connectivity index (χ0v) is 13.0. The maximum atomic E-state index is 9.24. The lowest BCUT2D eigenvalue weighted by Crippen LogP contribution is -2.28. The van der Waals surface area contributed by atoms with Gasteiger partial charge in [0.25, 0.3) is 0 Å². The van der Waals surface area contributed by atoms with Crippen LogP contribution in [0.5, 0.6) is 0 Å². The van der Waals surface area contributed by atoms with Crippen LogP contribution < -0.4 is 5.32 Å². The van der Waals surface area contributed by atoms with Crippen LogP contribution in [-0.4, -0.2) is 41.7 Å². The Morgan fingerprint density at radius 3 is 2.76 bits per heavy atom. The molecule has 0 aliphatic carbocycles. The van der Waals surface area contributed by atoms with Crippen LogP contribution in [0, 0.1) is 0 Å². The Morgan fingerprint density at radius 1 is 1.24 bits per heavy atom. The molecule has 4 heteroatoms. The van der Waals surface area contributed by atoms with Crippen molar-refractivity contribution in [2.24, 2.45) is 0 Å². The summed E-state index contributed by atoms with van der Waals surface area (Å²) in [6, 6.07) is 10.4. The van der Waals surface area contributed by atoms with Crippen LogP contribution in [0.3, 0.4) is 0 Å². The van der Waals surface area contributed by atoms with Gasteiger partial charge in [-0.25, -0.2) is 4.98 Å². The molecule has 0 radical (unpaired) electrons. The van der Waals surface area contributed by atoms with E-state index in [-0.39, 0.29) is 6.61 Å². The molecule has 1 aromatic heterocycles. The third-order valence-electron chi connectivity index (χ3n) is 3.68. The second kappa shape index (κ2) is 7.96. The summed E-state index contributed by atoms with van der Waals surface area (Å²) in [6.45, 7) is 4.91. The minimum Gasteiger partial charge on any atom is -0.395 e. The minimum atomic E-state index is 0.194. The van der Waals surface area contributed by atoms with Gasteiger partial charge in [-0.1, -0.05) is 31.5 Å². The van der Waals surface area contributed by atoms with Crippen LogP contribution in [0.2, 0.25) is 0 Å². The summed E-state index contributed by atoms with van der Waals surface area (Å²) in [7, 11) is 1.91. The van der Waals surface area contributed by atoms with E-state index in [1.54, 1.807) is 0 Å². The number of anilines is 1. The molecule has 21 heavy (non-hydrogen) atoms. The molecule has 4 nitrogen and oxygen atoms in total. The van der Waals surface area contributed by atoms with Crippen LogP contribution in [0.15, 0.2) is 30.3 Å². The molecular weight excluding hydrogens is 262 g/mol. The van der Waals surface area contributed by atoms with Gasteiger partial charge in [-0.05, 0) is 25.1 Å². The molecule has 0 saturated heterocycles. The van der Waals surface area contributed by atoms with Gasteiger partial charge in [-0.2, -0.15) is 0 Å². The number of hydrogen-bond donors (Lipinski definition) is 2. The van der Waals surface area contributed by atoms with Gasteiger partial charge in [0.15, 0.2) is 0 Å². The molecule has 0 spiro atoms. The van der Waals surface area contributed by atoms with Crippen molar-refractivity contribution in [3.63, 3.8) is 0 Å². The van der Waals surface area contributed by atoms with Gasteiger partial charge in [-0.15, -0.1) is 0 Å². The van der Waals surface area contributed by atoms with Gasteiger partial charge >= 0.3 is 0 Å². The molecule has 2 rings (SSSR count). The number of benzene rings is 1. The molecule has 114 valence electrons. The van der Waals surface area contributed by atoms with Crippen molar-refractivity contribution in [3.8, 4) is 0 Å². The first-order valence-corrected chi connectivity index (χ1v) is 7.68. The smallest absolute Gasteiger partial charge is 0.130 e. The standard InChI is InChI=1S/C17H25N3O/c1-3-4-9-20(10-11-21)13-15-12-14-7-5-6-8-16(14)19-17(15)18-2/h5-8,12,21H,3-4,9-11,13H2,1-2H3,(H,18,19). The lowest BCUT2D eigenvalue weighted by Gasteiger charge is -2.22. The number of hydrogen-bond acceptors (Lipinski definition) is 4. The number of fused-ring (bicyclic) bond motifs is 1. The summed E-state index contributed by atoms with van der Waals surface area (Å²) in [4.78, 5) is 6.97. The molecule has 0 bridgehead atoms. The Kier molecular flexibility index (Phi) is 5.96. The lowest BCUT2D eigenvalue weighted by molar-refractivity contribution is 0.188. The first kappa shape index (κ1) is 15.7. The van der Waals surface area contributed by atoms with E-state index in [0.717, 1.165) is 42.7 Å². The molecule has 0 amide bonds. The van der Waals surface area contributed by atoms with Gasteiger partial charge in [0.1, 0.15) is 5.82 Å². The fraction of sp³-hybridized carbons (Fsp3) is 0.471. The Labute approximate surface area is 126 Å². The largest absolute Gasteiger partial charge is 0.395 e. The molecule has 0 saturated carbocycles. The van der Waals surface area contributed by atoms with Crippen LogP contribution in [0.25, 0.3) is 10.9 Å². The van der Waals surface area contributed by atoms with Crippen molar-refractivity contribution in [2.45, 2.75) is 26.3 Å². The van der Waals surface area contributed by atoms with Crippen molar-refractivity contribution >= 4 is 16.7 Å². The van der Waals surface area contributed by atoms with E-state index >= 15 is 0 Å².